The van der Waals surface area contributed by atoms with Gasteiger partial charge < -0.3 is 5.73 Å². The van der Waals surface area contributed by atoms with Crippen LogP contribution in [0, 0.1) is 5.82 Å². The van der Waals surface area contributed by atoms with E-state index < -0.39 is 0 Å². The summed E-state index contributed by atoms with van der Waals surface area (Å²) in [6, 6.07) is 6.07. The molecular formula is C14H21FN2. The molecular weight excluding hydrogens is 215 g/mol. The minimum absolute atomic E-state index is 0.190. The minimum Gasteiger partial charge on any atom is -0.326 e. The minimum atomic E-state index is -0.190. The molecule has 0 heterocycles. The van der Waals surface area contributed by atoms with E-state index in [0.29, 0.717) is 5.56 Å². The fraction of sp³-hybridized carbons (Fsp3) is 0.571. The predicted molar refractivity (Wildman–Crippen MR) is 68.0 cm³/mol. The maximum absolute atomic E-state index is 13.3. The van der Waals surface area contributed by atoms with Gasteiger partial charge in [0.1, 0.15) is 5.82 Å². The van der Waals surface area contributed by atoms with E-state index in [-0.39, 0.29) is 12.4 Å². The molecule has 1 aromatic rings. The van der Waals surface area contributed by atoms with Gasteiger partial charge >= 0.3 is 0 Å². The number of halogens is 1. The Morgan fingerprint density at radius 3 is 2.76 bits per heavy atom. The zero-order valence-electron chi connectivity index (χ0n) is 10.5. The molecule has 94 valence electrons. The highest BCUT2D eigenvalue weighted by molar-refractivity contribution is 5.25. The molecule has 0 amide bonds. The summed E-state index contributed by atoms with van der Waals surface area (Å²) in [6.45, 7) is 4.52. The van der Waals surface area contributed by atoms with E-state index >= 15 is 0 Å². The normalized spacial score (nSPS) is 15.5. The van der Waals surface area contributed by atoms with Crippen molar-refractivity contribution in [3.63, 3.8) is 0 Å². The number of hydrogen-bond acceptors (Lipinski definition) is 2. The van der Waals surface area contributed by atoms with Gasteiger partial charge in [-0.25, -0.2) is 4.39 Å². The summed E-state index contributed by atoms with van der Waals surface area (Å²) in [5, 5.41) is 0. The van der Waals surface area contributed by atoms with E-state index in [9.17, 15) is 4.39 Å². The molecule has 17 heavy (non-hydrogen) atoms. The first-order valence-corrected chi connectivity index (χ1v) is 6.46. The lowest BCUT2D eigenvalue weighted by Crippen LogP contribution is -2.26. The van der Waals surface area contributed by atoms with Crippen LogP contribution in [0.15, 0.2) is 18.2 Å². The van der Waals surface area contributed by atoms with Gasteiger partial charge in [-0.3, -0.25) is 4.90 Å². The van der Waals surface area contributed by atoms with Crippen molar-refractivity contribution < 1.29 is 4.39 Å². The fourth-order valence-corrected chi connectivity index (χ4v) is 2.24. The SMILES string of the molecule is CCCN(Cc1ccc(F)c(CN)c1)C1CC1. The molecule has 0 radical (unpaired) electrons. The van der Waals surface area contributed by atoms with Gasteiger partial charge in [0.2, 0.25) is 0 Å². The Morgan fingerprint density at radius 1 is 1.41 bits per heavy atom. The van der Waals surface area contributed by atoms with Gasteiger partial charge in [0, 0.05) is 24.7 Å². The first kappa shape index (κ1) is 12.5. The van der Waals surface area contributed by atoms with Crippen molar-refractivity contribution in [2.45, 2.75) is 45.3 Å². The zero-order valence-corrected chi connectivity index (χ0v) is 10.5. The molecule has 0 bridgehead atoms. The Kier molecular flexibility index (Phi) is 4.13. The average molecular weight is 236 g/mol. The Bertz CT molecular complexity index is 374. The number of hydrogen-bond donors (Lipinski definition) is 1. The number of benzene rings is 1. The molecule has 2 rings (SSSR count). The van der Waals surface area contributed by atoms with E-state index in [1.54, 1.807) is 0 Å². The largest absolute Gasteiger partial charge is 0.326 e. The van der Waals surface area contributed by atoms with Crippen LogP contribution in [-0.2, 0) is 13.1 Å². The maximum atomic E-state index is 13.3. The topological polar surface area (TPSA) is 29.3 Å². The fourth-order valence-electron chi connectivity index (χ4n) is 2.24. The Balaban J connectivity index is 2.05. The van der Waals surface area contributed by atoms with Crippen LogP contribution in [0.25, 0.3) is 0 Å². The quantitative estimate of drug-likeness (QED) is 0.822. The van der Waals surface area contributed by atoms with Crippen molar-refractivity contribution >= 4 is 0 Å². The monoisotopic (exact) mass is 236 g/mol. The average Bonchev–Trinajstić information content (AvgIpc) is 3.15. The molecule has 2 nitrogen and oxygen atoms in total. The molecule has 1 fully saturated rings. The first-order chi connectivity index (χ1) is 8.24. The van der Waals surface area contributed by atoms with E-state index in [1.807, 2.05) is 12.1 Å². The second kappa shape index (κ2) is 5.61. The molecule has 3 heteroatoms. The van der Waals surface area contributed by atoms with Crippen molar-refractivity contribution in [3.8, 4) is 0 Å². The van der Waals surface area contributed by atoms with Crippen molar-refractivity contribution in [3.05, 3.63) is 35.1 Å². The third kappa shape index (κ3) is 3.27. The Morgan fingerprint density at radius 2 is 2.18 bits per heavy atom. The second-order valence-electron chi connectivity index (χ2n) is 4.83. The highest BCUT2D eigenvalue weighted by Crippen LogP contribution is 2.28. The summed E-state index contributed by atoms with van der Waals surface area (Å²) < 4.78 is 13.3. The van der Waals surface area contributed by atoms with E-state index in [0.717, 1.165) is 19.1 Å². The standard InChI is InChI=1S/C14H21FN2/c1-2-7-17(13-4-5-13)10-11-3-6-14(15)12(8-11)9-16/h3,6,8,13H,2,4-5,7,9-10,16H2,1H3. The van der Waals surface area contributed by atoms with Crippen molar-refractivity contribution in [1.82, 2.24) is 4.90 Å². The van der Waals surface area contributed by atoms with Crippen molar-refractivity contribution in [2.75, 3.05) is 6.54 Å². The number of rotatable bonds is 6. The van der Waals surface area contributed by atoms with Crippen LogP contribution < -0.4 is 5.73 Å². The third-order valence-electron chi connectivity index (χ3n) is 3.29. The smallest absolute Gasteiger partial charge is 0.127 e. The number of nitrogens with two attached hydrogens (primary N) is 1. The molecule has 0 spiro atoms. The van der Waals surface area contributed by atoms with Crippen molar-refractivity contribution in [2.24, 2.45) is 5.73 Å². The zero-order chi connectivity index (χ0) is 12.3. The van der Waals surface area contributed by atoms with Gasteiger partial charge in [0.05, 0.1) is 0 Å². The van der Waals surface area contributed by atoms with Gasteiger partial charge in [0.25, 0.3) is 0 Å². The van der Waals surface area contributed by atoms with Crippen molar-refractivity contribution in [1.29, 1.82) is 0 Å². The molecule has 1 saturated carbocycles. The molecule has 0 aromatic heterocycles. The van der Waals surface area contributed by atoms with Crippen LogP contribution in [0.2, 0.25) is 0 Å². The van der Waals surface area contributed by atoms with Crippen LogP contribution >= 0.6 is 0 Å². The Hall–Kier alpha value is -0.930. The summed E-state index contributed by atoms with van der Waals surface area (Å²) in [5.74, 6) is -0.190. The maximum Gasteiger partial charge on any atom is 0.127 e. The van der Waals surface area contributed by atoms with Crippen LogP contribution in [0.1, 0.15) is 37.3 Å². The lowest BCUT2D eigenvalue weighted by Gasteiger charge is -2.21. The summed E-state index contributed by atoms with van der Waals surface area (Å²) in [7, 11) is 0. The van der Waals surface area contributed by atoms with Gasteiger partial charge in [-0.05, 0) is 37.4 Å². The second-order valence-corrected chi connectivity index (χ2v) is 4.83. The molecule has 0 unspecified atom stereocenters. The van der Waals surface area contributed by atoms with Gasteiger partial charge in [-0.2, -0.15) is 0 Å². The summed E-state index contributed by atoms with van der Waals surface area (Å²) >= 11 is 0. The van der Waals surface area contributed by atoms with E-state index in [1.165, 1.54) is 30.9 Å². The number of nitrogens with zero attached hydrogens (tertiary/aromatic N) is 1. The lowest BCUT2D eigenvalue weighted by atomic mass is 10.1. The molecule has 1 aliphatic carbocycles. The molecule has 0 aliphatic heterocycles. The van der Waals surface area contributed by atoms with E-state index in [4.69, 9.17) is 5.73 Å². The van der Waals surface area contributed by atoms with Gasteiger partial charge in [-0.15, -0.1) is 0 Å². The summed E-state index contributed by atoms with van der Waals surface area (Å²) in [6.07, 6.45) is 3.79. The molecule has 2 N–H and O–H groups in total. The molecule has 1 aromatic carbocycles. The van der Waals surface area contributed by atoms with Gasteiger partial charge in [0.15, 0.2) is 0 Å². The molecule has 0 saturated heterocycles. The van der Waals surface area contributed by atoms with E-state index in [2.05, 4.69) is 11.8 Å². The molecule has 1 aliphatic rings. The summed E-state index contributed by atoms with van der Waals surface area (Å²) in [4.78, 5) is 2.49. The third-order valence-corrected chi connectivity index (χ3v) is 3.29. The lowest BCUT2D eigenvalue weighted by molar-refractivity contribution is 0.255. The summed E-state index contributed by atoms with van der Waals surface area (Å²) in [5.41, 5.74) is 7.32. The van der Waals surface area contributed by atoms with Crippen LogP contribution in [0.5, 0.6) is 0 Å². The van der Waals surface area contributed by atoms with Gasteiger partial charge in [-0.1, -0.05) is 19.1 Å². The highest BCUT2D eigenvalue weighted by Gasteiger charge is 2.28. The first-order valence-electron chi connectivity index (χ1n) is 6.46. The van der Waals surface area contributed by atoms with Crippen LogP contribution in [0.3, 0.4) is 0 Å². The Labute approximate surface area is 103 Å². The highest BCUT2D eigenvalue weighted by atomic mass is 19.1. The molecule has 0 atom stereocenters. The van der Waals surface area contributed by atoms with Crippen LogP contribution in [0.4, 0.5) is 4.39 Å². The predicted octanol–water partition coefficient (Wildman–Crippen LogP) is 2.66. The van der Waals surface area contributed by atoms with Crippen LogP contribution in [-0.4, -0.2) is 17.5 Å².